The predicted octanol–water partition coefficient (Wildman–Crippen LogP) is 6.09. The van der Waals surface area contributed by atoms with Crippen molar-refractivity contribution in [2.75, 3.05) is 12.9 Å². The number of rotatable bonds is 11. The summed E-state index contributed by atoms with van der Waals surface area (Å²) in [5.74, 6) is 0.968. The first-order chi connectivity index (χ1) is 15.8. The van der Waals surface area contributed by atoms with Crippen LogP contribution >= 0.6 is 11.8 Å². The maximum atomic E-state index is 11.5. The molecule has 1 saturated heterocycles. The van der Waals surface area contributed by atoms with E-state index in [1.165, 1.54) is 22.3 Å². The molecule has 180 valence electrons. The summed E-state index contributed by atoms with van der Waals surface area (Å²) >= 11 is 1.69. The zero-order valence-electron chi connectivity index (χ0n) is 20.5. The molecule has 0 spiro atoms. The summed E-state index contributed by atoms with van der Waals surface area (Å²) < 4.78 is 12.2. The van der Waals surface area contributed by atoms with Crippen molar-refractivity contribution in [1.82, 2.24) is 0 Å². The Morgan fingerprint density at radius 3 is 2.55 bits per heavy atom. The number of ether oxygens (including phenoxy) is 2. The van der Waals surface area contributed by atoms with Crippen LogP contribution in [0.3, 0.4) is 0 Å². The molecular formula is C28H39NO3S. The number of benzene rings is 2. The molecule has 2 aromatic carbocycles. The molecular weight excluding hydrogens is 430 g/mol. The van der Waals surface area contributed by atoms with Gasteiger partial charge in [-0.15, -0.1) is 11.8 Å². The van der Waals surface area contributed by atoms with Crippen LogP contribution in [-0.4, -0.2) is 30.1 Å². The van der Waals surface area contributed by atoms with Crippen molar-refractivity contribution < 1.29 is 14.3 Å². The lowest BCUT2D eigenvalue weighted by atomic mass is 9.89. The quantitative estimate of drug-likeness (QED) is 0.319. The molecule has 5 heteroatoms. The van der Waals surface area contributed by atoms with Crippen molar-refractivity contribution in [2.45, 2.75) is 76.4 Å². The van der Waals surface area contributed by atoms with Gasteiger partial charge in [0, 0.05) is 11.5 Å². The summed E-state index contributed by atoms with van der Waals surface area (Å²) in [6.07, 6.45) is 8.44. The lowest BCUT2D eigenvalue weighted by molar-refractivity contribution is -0.117. The fraction of sp³-hybridized carbons (Fsp3) is 0.536. The van der Waals surface area contributed by atoms with Gasteiger partial charge >= 0.3 is 0 Å². The molecule has 4 nitrogen and oxygen atoms in total. The minimum Gasteiger partial charge on any atom is -0.494 e. The minimum absolute atomic E-state index is 0.0228. The molecule has 1 fully saturated rings. The summed E-state index contributed by atoms with van der Waals surface area (Å²) in [6, 6.07) is 15.1. The van der Waals surface area contributed by atoms with Crippen LogP contribution in [0.15, 0.2) is 42.5 Å². The van der Waals surface area contributed by atoms with E-state index in [2.05, 4.69) is 49.4 Å². The van der Waals surface area contributed by atoms with Crippen LogP contribution in [0.2, 0.25) is 0 Å². The molecule has 0 saturated carbocycles. The highest BCUT2D eigenvalue weighted by atomic mass is 32.2. The third-order valence-corrected chi connectivity index (χ3v) is 7.15. The van der Waals surface area contributed by atoms with E-state index in [9.17, 15) is 4.79 Å². The van der Waals surface area contributed by atoms with Crippen molar-refractivity contribution in [2.24, 2.45) is 11.7 Å². The van der Waals surface area contributed by atoms with Gasteiger partial charge in [0.05, 0.1) is 12.7 Å². The largest absolute Gasteiger partial charge is 0.494 e. The van der Waals surface area contributed by atoms with Crippen LogP contribution in [0.5, 0.6) is 5.75 Å². The fourth-order valence-corrected chi connectivity index (χ4v) is 5.07. The van der Waals surface area contributed by atoms with Gasteiger partial charge in [0.2, 0.25) is 0 Å². The van der Waals surface area contributed by atoms with Gasteiger partial charge in [-0.2, -0.15) is 0 Å². The second kappa shape index (κ2) is 12.0. The van der Waals surface area contributed by atoms with Gasteiger partial charge in [-0.1, -0.05) is 37.3 Å². The molecule has 0 unspecified atom stereocenters. The van der Waals surface area contributed by atoms with Gasteiger partial charge in [0.15, 0.2) is 0 Å². The van der Waals surface area contributed by atoms with Gasteiger partial charge in [-0.3, -0.25) is 0 Å². The van der Waals surface area contributed by atoms with Crippen LogP contribution in [0.1, 0.15) is 74.8 Å². The Bertz CT molecular complexity index is 891. The van der Waals surface area contributed by atoms with Gasteiger partial charge in [-0.25, -0.2) is 0 Å². The SMILES string of the molecule is CCc1ccc([C@H]2C[C@@H](C=O)C[C@@H](SC)O2)cc1Cc1ccc(OCCCC(C)(C)N)cc1. The summed E-state index contributed by atoms with van der Waals surface area (Å²) in [5.41, 5.74) is 11.1. The first-order valence-corrected chi connectivity index (χ1v) is 13.4. The number of hydrogen-bond acceptors (Lipinski definition) is 5. The molecule has 1 aliphatic heterocycles. The predicted molar refractivity (Wildman–Crippen MR) is 138 cm³/mol. The zero-order valence-corrected chi connectivity index (χ0v) is 21.3. The van der Waals surface area contributed by atoms with Crippen LogP contribution in [0, 0.1) is 5.92 Å². The second-order valence-corrected chi connectivity index (χ2v) is 10.8. The molecule has 1 aliphatic rings. The van der Waals surface area contributed by atoms with E-state index in [-0.39, 0.29) is 23.0 Å². The van der Waals surface area contributed by atoms with Gasteiger partial charge in [-0.05, 0) is 93.0 Å². The molecule has 33 heavy (non-hydrogen) atoms. The van der Waals surface area contributed by atoms with E-state index in [0.29, 0.717) is 6.61 Å². The molecule has 3 rings (SSSR count). The first-order valence-electron chi connectivity index (χ1n) is 12.1. The van der Waals surface area contributed by atoms with Crippen LogP contribution < -0.4 is 10.5 Å². The molecule has 1 heterocycles. The van der Waals surface area contributed by atoms with Crippen molar-refractivity contribution in [3.63, 3.8) is 0 Å². The Kier molecular flexibility index (Phi) is 9.42. The van der Waals surface area contributed by atoms with E-state index in [1.807, 2.05) is 20.1 Å². The van der Waals surface area contributed by atoms with Crippen molar-refractivity contribution in [3.05, 3.63) is 64.7 Å². The van der Waals surface area contributed by atoms with Crippen LogP contribution in [-0.2, 0) is 22.4 Å². The van der Waals surface area contributed by atoms with Crippen molar-refractivity contribution >= 4 is 18.0 Å². The van der Waals surface area contributed by atoms with E-state index in [1.54, 1.807) is 11.8 Å². The van der Waals surface area contributed by atoms with E-state index in [0.717, 1.165) is 50.6 Å². The molecule has 2 N–H and O–H groups in total. The maximum Gasteiger partial charge on any atom is 0.123 e. The third-order valence-electron chi connectivity index (χ3n) is 6.32. The van der Waals surface area contributed by atoms with E-state index >= 15 is 0 Å². The van der Waals surface area contributed by atoms with Gasteiger partial charge < -0.3 is 20.0 Å². The number of carbonyl (C=O) groups excluding carboxylic acids is 1. The minimum atomic E-state index is -0.147. The molecule has 0 amide bonds. The summed E-state index contributed by atoms with van der Waals surface area (Å²) in [7, 11) is 0. The normalized spacial score (nSPS) is 21.1. The van der Waals surface area contributed by atoms with E-state index < -0.39 is 0 Å². The molecule has 0 bridgehead atoms. The summed E-state index contributed by atoms with van der Waals surface area (Å²) in [4.78, 5) is 11.5. The molecule has 0 aliphatic carbocycles. The lowest BCUT2D eigenvalue weighted by Gasteiger charge is -2.33. The number of aryl methyl sites for hydroxylation is 1. The Hall–Kier alpha value is -1.82. The zero-order chi connectivity index (χ0) is 23.8. The number of hydrogen-bond donors (Lipinski definition) is 1. The Balaban J connectivity index is 1.67. The molecule has 0 radical (unpaired) electrons. The highest BCUT2D eigenvalue weighted by Gasteiger charge is 2.30. The van der Waals surface area contributed by atoms with Crippen molar-refractivity contribution in [1.29, 1.82) is 0 Å². The molecule has 0 aromatic heterocycles. The number of carbonyl (C=O) groups is 1. The van der Waals surface area contributed by atoms with Crippen molar-refractivity contribution in [3.8, 4) is 5.75 Å². The average Bonchev–Trinajstić information content (AvgIpc) is 2.81. The molecule has 2 aromatic rings. The summed E-state index contributed by atoms with van der Waals surface area (Å²) in [6.45, 7) is 6.97. The fourth-order valence-electron chi connectivity index (χ4n) is 4.39. The number of aldehydes is 1. The van der Waals surface area contributed by atoms with Crippen LogP contribution in [0.25, 0.3) is 0 Å². The number of thioether (sulfide) groups is 1. The van der Waals surface area contributed by atoms with Gasteiger partial charge in [0.1, 0.15) is 17.5 Å². The monoisotopic (exact) mass is 469 g/mol. The highest BCUT2D eigenvalue weighted by Crippen LogP contribution is 2.38. The smallest absolute Gasteiger partial charge is 0.123 e. The maximum absolute atomic E-state index is 11.5. The highest BCUT2D eigenvalue weighted by molar-refractivity contribution is 7.99. The molecule has 3 atom stereocenters. The second-order valence-electron chi connectivity index (χ2n) is 9.80. The topological polar surface area (TPSA) is 61.5 Å². The van der Waals surface area contributed by atoms with Gasteiger partial charge in [0.25, 0.3) is 0 Å². The van der Waals surface area contributed by atoms with E-state index in [4.69, 9.17) is 15.2 Å². The Morgan fingerprint density at radius 1 is 1.15 bits per heavy atom. The average molecular weight is 470 g/mol. The Labute approximate surface area is 203 Å². The first kappa shape index (κ1) is 25.8. The lowest BCUT2D eigenvalue weighted by Crippen LogP contribution is -2.32. The number of nitrogens with two attached hydrogens (primary N) is 1. The summed E-state index contributed by atoms with van der Waals surface area (Å²) in [5, 5.41) is 0. The van der Waals surface area contributed by atoms with Crippen LogP contribution in [0.4, 0.5) is 0 Å². The third kappa shape index (κ3) is 7.87. The standard InChI is InChI=1S/C28H39NO3S/c1-5-22-9-10-23(26-16-21(19-30)17-27(32-26)33-4)18-24(22)15-20-7-11-25(12-8-20)31-14-6-13-28(2,3)29/h7-12,18-19,21,26-27H,5-6,13-17,29H2,1-4H3/t21-,26-,27-/m1/s1. The Morgan fingerprint density at radius 2 is 1.91 bits per heavy atom.